The predicted molar refractivity (Wildman–Crippen MR) is 126 cm³/mol. The molecule has 0 aliphatic heterocycles. The molecule has 0 spiro atoms. The third kappa shape index (κ3) is 4.39. The molecular weight excluding hydrogens is 420 g/mol. The molecule has 1 aliphatic rings. The predicted octanol–water partition coefficient (Wildman–Crippen LogP) is 3.98. The average molecular weight is 447 g/mol. The van der Waals surface area contributed by atoms with Gasteiger partial charge in [-0.2, -0.15) is 0 Å². The number of carbonyl (C=O) groups excluding carboxylic acids is 2. The molecule has 0 unspecified atom stereocenters. The summed E-state index contributed by atoms with van der Waals surface area (Å²) in [6.07, 6.45) is 3.46. The number of likely N-dealkylation sites (N-methyl/N-ethyl adjacent to an activating group) is 1. The Morgan fingerprint density at radius 3 is 2.52 bits per heavy atom. The van der Waals surface area contributed by atoms with E-state index >= 15 is 0 Å². The number of benzene rings is 2. The van der Waals surface area contributed by atoms with Crippen LogP contribution >= 0.6 is 0 Å². The summed E-state index contributed by atoms with van der Waals surface area (Å²) in [4.78, 5) is 31.3. The van der Waals surface area contributed by atoms with Gasteiger partial charge < -0.3 is 19.1 Å². The zero-order chi connectivity index (χ0) is 23.5. The lowest BCUT2D eigenvalue weighted by Gasteiger charge is -2.14. The smallest absolute Gasteiger partial charge is 0.339 e. The molecular formula is C26H26N2O5. The summed E-state index contributed by atoms with van der Waals surface area (Å²) in [5.74, 6) is 0.527. The molecule has 1 amide bonds. The van der Waals surface area contributed by atoms with Crippen LogP contribution in [0.3, 0.4) is 0 Å². The number of para-hydroxylation sites is 1. The second-order valence-electron chi connectivity index (χ2n) is 7.98. The molecule has 170 valence electrons. The van der Waals surface area contributed by atoms with E-state index in [0.717, 1.165) is 34.2 Å². The number of hydrogen-bond donors (Lipinski definition) is 0. The van der Waals surface area contributed by atoms with Gasteiger partial charge >= 0.3 is 5.97 Å². The zero-order valence-electron chi connectivity index (χ0n) is 19.2. The molecule has 1 aromatic heterocycles. The molecule has 0 bridgehead atoms. The molecule has 0 radical (unpaired) electrons. The summed E-state index contributed by atoms with van der Waals surface area (Å²) in [5.41, 5.74) is 4.81. The number of nitrogens with zero attached hydrogens (tertiary/aromatic N) is 2. The van der Waals surface area contributed by atoms with Crippen molar-refractivity contribution in [2.24, 2.45) is 0 Å². The normalized spacial score (nSPS) is 13.6. The number of hydrogen-bond acceptors (Lipinski definition) is 6. The lowest BCUT2D eigenvalue weighted by atomic mass is 10.0. The Kier molecular flexibility index (Phi) is 6.31. The molecule has 2 aromatic carbocycles. The fraction of sp³-hybridized carbons (Fsp3) is 0.269. The Morgan fingerprint density at radius 2 is 1.79 bits per heavy atom. The van der Waals surface area contributed by atoms with Crippen LogP contribution < -0.4 is 9.47 Å². The fourth-order valence-electron chi connectivity index (χ4n) is 3.98. The number of carbonyl (C=O) groups is 2. The molecule has 4 rings (SSSR count). The Labute approximate surface area is 192 Å². The molecule has 7 nitrogen and oxygen atoms in total. The minimum Gasteiger partial charge on any atom is -0.493 e. The number of methoxy groups -OCH3 is 2. The van der Waals surface area contributed by atoms with Crippen molar-refractivity contribution < 1.29 is 23.8 Å². The van der Waals surface area contributed by atoms with E-state index in [1.807, 2.05) is 42.5 Å². The van der Waals surface area contributed by atoms with Gasteiger partial charge in [-0.25, -0.2) is 9.78 Å². The van der Waals surface area contributed by atoms with Crippen LogP contribution in [0.5, 0.6) is 11.5 Å². The molecule has 3 aromatic rings. The maximum Gasteiger partial charge on any atom is 0.339 e. The van der Waals surface area contributed by atoms with Gasteiger partial charge in [0.15, 0.2) is 18.1 Å². The Balaban J connectivity index is 1.76. The minimum atomic E-state index is -0.507. The van der Waals surface area contributed by atoms with Crippen LogP contribution in [0.4, 0.5) is 0 Å². The van der Waals surface area contributed by atoms with Gasteiger partial charge in [-0.15, -0.1) is 0 Å². The van der Waals surface area contributed by atoms with E-state index in [-0.39, 0.29) is 12.5 Å². The van der Waals surface area contributed by atoms with Gasteiger partial charge in [0.1, 0.15) is 0 Å². The second kappa shape index (κ2) is 9.32. The van der Waals surface area contributed by atoms with E-state index in [0.29, 0.717) is 29.0 Å². The number of allylic oxidation sites excluding steroid dienone is 1. The molecule has 0 fully saturated rings. The third-order valence-electron chi connectivity index (χ3n) is 5.72. The highest BCUT2D eigenvalue weighted by molar-refractivity contribution is 6.07. The van der Waals surface area contributed by atoms with E-state index in [1.165, 1.54) is 4.90 Å². The maximum absolute atomic E-state index is 13.1. The topological polar surface area (TPSA) is 78.0 Å². The lowest BCUT2D eigenvalue weighted by Crippen LogP contribution is -2.27. The van der Waals surface area contributed by atoms with Crippen molar-refractivity contribution in [1.82, 2.24) is 9.88 Å². The van der Waals surface area contributed by atoms with Crippen molar-refractivity contribution in [2.75, 3.05) is 34.9 Å². The fourth-order valence-corrected chi connectivity index (χ4v) is 3.98. The van der Waals surface area contributed by atoms with Crippen LogP contribution in [0.1, 0.15) is 33.6 Å². The average Bonchev–Trinajstić information content (AvgIpc) is 3.22. The monoisotopic (exact) mass is 446 g/mol. The van der Waals surface area contributed by atoms with Gasteiger partial charge in [-0.3, -0.25) is 4.79 Å². The molecule has 33 heavy (non-hydrogen) atoms. The van der Waals surface area contributed by atoms with Crippen molar-refractivity contribution in [2.45, 2.75) is 12.8 Å². The number of esters is 1. The molecule has 7 heteroatoms. The number of rotatable bonds is 6. The van der Waals surface area contributed by atoms with Crippen LogP contribution in [0.2, 0.25) is 0 Å². The van der Waals surface area contributed by atoms with Crippen LogP contribution in [-0.4, -0.2) is 56.7 Å². The number of ether oxygens (including phenoxy) is 3. The van der Waals surface area contributed by atoms with Gasteiger partial charge in [-0.05, 0) is 53.8 Å². The molecule has 1 heterocycles. The summed E-state index contributed by atoms with van der Waals surface area (Å²) < 4.78 is 16.1. The van der Waals surface area contributed by atoms with Gasteiger partial charge in [0.25, 0.3) is 5.91 Å². The SMILES string of the molecule is COc1ccc(/C=C2/CCc3c2nc2ccccc2c3C(=O)OCC(=O)N(C)C)cc1OC. The van der Waals surface area contributed by atoms with E-state index < -0.39 is 5.97 Å². The van der Waals surface area contributed by atoms with E-state index in [1.54, 1.807) is 28.3 Å². The van der Waals surface area contributed by atoms with Crippen molar-refractivity contribution >= 4 is 34.4 Å². The third-order valence-corrected chi connectivity index (χ3v) is 5.72. The van der Waals surface area contributed by atoms with Gasteiger partial charge in [0.2, 0.25) is 0 Å². The number of fused-ring (bicyclic) bond motifs is 2. The highest BCUT2D eigenvalue weighted by Crippen LogP contribution is 2.38. The lowest BCUT2D eigenvalue weighted by molar-refractivity contribution is -0.131. The quantitative estimate of drug-likeness (QED) is 0.533. The van der Waals surface area contributed by atoms with Crippen LogP contribution in [0.25, 0.3) is 22.6 Å². The van der Waals surface area contributed by atoms with E-state index in [4.69, 9.17) is 19.2 Å². The molecule has 0 saturated carbocycles. The Morgan fingerprint density at radius 1 is 1.03 bits per heavy atom. The van der Waals surface area contributed by atoms with Crippen molar-refractivity contribution in [3.05, 3.63) is 64.8 Å². The summed E-state index contributed by atoms with van der Waals surface area (Å²) in [7, 11) is 6.46. The first-order valence-electron chi connectivity index (χ1n) is 10.6. The van der Waals surface area contributed by atoms with Crippen LogP contribution in [-0.2, 0) is 16.0 Å². The van der Waals surface area contributed by atoms with Crippen molar-refractivity contribution in [3.8, 4) is 11.5 Å². The number of aromatic nitrogens is 1. The highest BCUT2D eigenvalue weighted by Gasteiger charge is 2.28. The van der Waals surface area contributed by atoms with Crippen LogP contribution in [0, 0.1) is 0 Å². The first-order chi connectivity index (χ1) is 15.9. The van der Waals surface area contributed by atoms with Crippen molar-refractivity contribution in [3.63, 3.8) is 0 Å². The van der Waals surface area contributed by atoms with Gasteiger partial charge in [0, 0.05) is 19.5 Å². The first-order valence-corrected chi connectivity index (χ1v) is 10.6. The molecule has 0 N–H and O–H groups in total. The van der Waals surface area contributed by atoms with Crippen molar-refractivity contribution in [1.29, 1.82) is 0 Å². The highest BCUT2D eigenvalue weighted by atomic mass is 16.5. The summed E-state index contributed by atoms with van der Waals surface area (Å²) in [5, 5.41) is 0.728. The largest absolute Gasteiger partial charge is 0.493 e. The Hall–Kier alpha value is -3.87. The first kappa shape index (κ1) is 22.3. The van der Waals surface area contributed by atoms with Gasteiger partial charge in [-0.1, -0.05) is 24.3 Å². The molecule has 1 aliphatic carbocycles. The maximum atomic E-state index is 13.1. The van der Waals surface area contributed by atoms with Crippen LogP contribution in [0.15, 0.2) is 42.5 Å². The van der Waals surface area contributed by atoms with Gasteiger partial charge in [0.05, 0.1) is 31.0 Å². The summed E-state index contributed by atoms with van der Waals surface area (Å²) in [6, 6.07) is 13.2. The molecule has 0 atom stereocenters. The summed E-state index contributed by atoms with van der Waals surface area (Å²) >= 11 is 0. The Bertz CT molecular complexity index is 1260. The summed E-state index contributed by atoms with van der Waals surface area (Å²) in [6.45, 7) is -0.300. The standard InChI is InChI=1S/C26H26N2O5/c1-28(2)23(29)15-33-26(30)24-18-7-5-6-8-20(18)27-25-17(10-11-19(24)25)13-16-9-12-21(31-3)22(14-16)32-4/h5-9,12-14H,10-11,15H2,1-4H3/b17-13-. The zero-order valence-corrected chi connectivity index (χ0v) is 19.2. The van der Waals surface area contributed by atoms with E-state index in [9.17, 15) is 9.59 Å². The second-order valence-corrected chi connectivity index (χ2v) is 7.98. The van der Waals surface area contributed by atoms with E-state index in [2.05, 4.69) is 6.08 Å². The number of amides is 1. The minimum absolute atomic E-state index is 0.271. The number of pyridine rings is 1. The molecule has 0 saturated heterocycles.